The van der Waals surface area contributed by atoms with Crippen molar-refractivity contribution in [2.24, 2.45) is 0 Å². The molecule has 4 aromatic rings. The lowest BCUT2D eigenvalue weighted by molar-refractivity contribution is 0.223. The van der Waals surface area contributed by atoms with Gasteiger partial charge in [-0.1, -0.05) is 69.5 Å². The number of benzene rings is 3. The van der Waals surface area contributed by atoms with Crippen molar-refractivity contribution >= 4 is 39.2 Å². The Labute approximate surface area is 198 Å². The van der Waals surface area contributed by atoms with E-state index in [9.17, 15) is 0 Å². The molecule has 2 aliphatic rings. The number of ether oxygens (including phenoxy) is 1. The SMILES string of the molecule is Cc1ccc(C2C3=C(Nc4ncnn42)c2cc(Cl)ccc2OC3c2ccc(Br)cc2)cc1. The van der Waals surface area contributed by atoms with Gasteiger partial charge in [-0.05, 0) is 48.4 Å². The molecule has 2 aliphatic heterocycles. The van der Waals surface area contributed by atoms with Crippen molar-refractivity contribution in [2.75, 3.05) is 5.32 Å². The topological polar surface area (TPSA) is 52.0 Å². The average molecular weight is 506 g/mol. The van der Waals surface area contributed by atoms with Gasteiger partial charge in [0.2, 0.25) is 5.95 Å². The Kier molecular flexibility index (Phi) is 4.59. The Morgan fingerprint density at radius 3 is 2.53 bits per heavy atom. The molecule has 7 heteroatoms. The lowest BCUT2D eigenvalue weighted by atomic mass is 9.84. The van der Waals surface area contributed by atoms with Gasteiger partial charge in [-0.15, -0.1) is 0 Å². The summed E-state index contributed by atoms with van der Waals surface area (Å²) < 4.78 is 9.56. The second-order valence-corrected chi connectivity index (χ2v) is 9.34. The van der Waals surface area contributed by atoms with E-state index < -0.39 is 0 Å². The molecule has 0 radical (unpaired) electrons. The zero-order valence-corrected chi connectivity index (χ0v) is 19.4. The summed E-state index contributed by atoms with van der Waals surface area (Å²) in [5.41, 5.74) is 6.34. The van der Waals surface area contributed by atoms with E-state index in [1.54, 1.807) is 6.33 Å². The molecule has 0 amide bonds. The predicted molar refractivity (Wildman–Crippen MR) is 129 cm³/mol. The maximum atomic E-state index is 6.62. The molecule has 0 bridgehead atoms. The highest BCUT2D eigenvalue weighted by Crippen LogP contribution is 2.51. The number of nitrogens with zero attached hydrogens (tertiary/aromatic N) is 3. The second-order valence-electron chi connectivity index (χ2n) is 7.99. The Hall–Kier alpha value is -3.09. The highest BCUT2D eigenvalue weighted by molar-refractivity contribution is 9.10. The first-order valence-corrected chi connectivity index (χ1v) is 11.4. The van der Waals surface area contributed by atoms with Crippen LogP contribution in [0.5, 0.6) is 5.75 Å². The Morgan fingerprint density at radius 2 is 1.75 bits per heavy atom. The maximum Gasteiger partial charge on any atom is 0.226 e. The van der Waals surface area contributed by atoms with Crippen LogP contribution in [0.25, 0.3) is 5.70 Å². The highest BCUT2D eigenvalue weighted by Gasteiger charge is 2.40. The van der Waals surface area contributed by atoms with Crippen LogP contribution in [0, 0.1) is 6.92 Å². The van der Waals surface area contributed by atoms with Gasteiger partial charge in [0.15, 0.2) is 0 Å². The van der Waals surface area contributed by atoms with Crippen molar-refractivity contribution in [3.8, 4) is 5.75 Å². The van der Waals surface area contributed by atoms with Crippen molar-refractivity contribution in [1.82, 2.24) is 14.8 Å². The van der Waals surface area contributed by atoms with Crippen LogP contribution in [0.1, 0.15) is 34.4 Å². The summed E-state index contributed by atoms with van der Waals surface area (Å²) in [6.07, 6.45) is 1.28. The van der Waals surface area contributed by atoms with Crippen LogP contribution in [-0.4, -0.2) is 14.8 Å². The fourth-order valence-corrected chi connectivity index (χ4v) is 4.86. The van der Waals surface area contributed by atoms with Gasteiger partial charge in [0.05, 0.1) is 5.70 Å². The number of halogens is 2. The smallest absolute Gasteiger partial charge is 0.226 e. The number of hydrogen-bond donors (Lipinski definition) is 1. The van der Waals surface area contributed by atoms with Gasteiger partial charge in [-0.2, -0.15) is 10.1 Å². The van der Waals surface area contributed by atoms with E-state index in [4.69, 9.17) is 16.3 Å². The molecule has 6 rings (SSSR count). The average Bonchev–Trinajstić information content (AvgIpc) is 3.27. The molecule has 5 nitrogen and oxygen atoms in total. The fourth-order valence-electron chi connectivity index (χ4n) is 4.42. The lowest BCUT2D eigenvalue weighted by Crippen LogP contribution is -2.32. The minimum atomic E-state index is -0.303. The number of fused-ring (bicyclic) bond motifs is 3. The Bertz CT molecular complexity index is 1360. The van der Waals surface area contributed by atoms with Crippen LogP contribution >= 0.6 is 27.5 Å². The molecule has 1 aromatic heterocycles. The summed E-state index contributed by atoms with van der Waals surface area (Å²) in [4.78, 5) is 4.47. The summed E-state index contributed by atoms with van der Waals surface area (Å²) >= 11 is 9.93. The monoisotopic (exact) mass is 504 g/mol. The van der Waals surface area contributed by atoms with Crippen LogP contribution in [0.3, 0.4) is 0 Å². The largest absolute Gasteiger partial charge is 0.480 e. The molecule has 0 aliphatic carbocycles. The van der Waals surface area contributed by atoms with Crippen LogP contribution in [-0.2, 0) is 0 Å². The first-order chi connectivity index (χ1) is 15.6. The number of nitrogens with one attached hydrogen (secondary N) is 1. The van der Waals surface area contributed by atoms with Crippen molar-refractivity contribution in [2.45, 2.75) is 19.1 Å². The lowest BCUT2D eigenvalue weighted by Gasteiger charge is -2.39. The number of anilines is 1. The minimum Gasteiger partial charge on any atom is -0.480 e. The Morgan fingerprint density at radius 1 is 1.00 bits per heavy atom. The quantitative estimate of drug-likeness (QED) is 0.335. The van der Waals surface area contributed by atoms with Gasteiger partial charge < -0.3 is 10.1 Å². The standard InChI is InChI=1S/C25H18BrClN4O/c1-14-2-4-15(5-3-14)23-21-22(30-25-28-13-29-31(23)25)19-12-18(27)10-11-20(19)32-24(21)16-6-8-17(26)9-7-16/h2-13,23-24H,1H3,(H,28,29,30). The van der Waals surface area contributed by atoms with Crippen LogP contribution in [0.4, 0.5) is 5.95 Å². The molecule has 0 fully saturated rings. The minimum absolute atomic E-state index is 0.176. The summed E-state index contributed by atoms with van der Waals surface area (Å²) in [7, 11) is 0. The number of aryl methyl sites for hydroxylation is 1. The molecule has 2 unspecified atom stereocenters. The third-order valence-corrected chi connectivity index (χ3v) is 6.71. The predicted octanol–water partition coefficient (Wildman–Crippen LogP) is 6.56. The molecule has 32 heavy (non-hydrogen) atoms. The van der Waals surface area contributed by atoms with E-state index in [0.29, 0.717) is 11.0 Å². The van der Waals surface area contributed by atoms with Gasteiger partial charge in [0, 0.05) is 20.6 Å². The Balaban J connectivity index is 1.63. The number of hydrogen-bond acceptors (Lipinski definition) is 4. The summed E-state index contributed by atoms with van der Waals surface area (Å²) in [5.74, 6) is 1.47. The second kappa shape index (κ2) is 7.50. The first kappa shape index (κ1) is 19.6. The number of rotatable bonds is 2. The molecular formula is C25H18BrClN4O. The molecule has 1 N–H and O–H groups in total. The van der Waals surface area contributed by atoms with Crippen molar-refractivity contribution in [3.63, 3.8) is 0 Å². The zero-order valence-electron chi connectivity index (χ0n) is 17.1. The number of aromatic nitrogens is 3. The van der Waals surface area contributed by atoms with E-state index >= 15 is 0 Å². The van der Waals surface area contributed by atoms with Crippen LogP contribution < -0.4 is 10.1 Å². The summed E-state index contributed by atoms with van der Waals surface area (Å²) in [5, 5.41) is 8.72. The van der Waals surface area contributed by atoms with E-state index in [1.165, 1.54) is 5.56 Å². The van der Waals surface area contributed by atoms with Gasteiger partial charge in [-0.3, -0.25) is 0 Å². The molecule has 3 heterocycles. The molecule has 0 saturated heterocycles. The third-order valence-electron chi connectivity index (χ3n) is 5.94. The van der Waals surface area contributed by atoms with Crippen LogP contribution in [0.15, 0.2) is 83.1 Å². The molecule has 158 valence electrons. The van der Waals surface area contributed by atoms with Crippen molar-refractivity contribution in [3.05, 3.63) is 110 Å². The molecule has 2 atom stereocenters. The van der Waals surface area contributed by atoms with E-state index in [0.717, 1.165) is 38.2 Å². The zero-order chi connectivity index (χ0) is 21.8. The summed E-state index contributed by atoms with van der Waals surface area (Å²) in [6, 6.07) is 22.3. The first-order valence-electron chi connectivity index (χ1n) is 10.3. The molecule has 0 saturated carbocycles. The molecular weight excluding hydrogens is 488 g/mol. The van der Waals surface area contributed by atoms with Crippen LogP contribution in [0.2, 0.25) is 5.02 Å². The molecule has 3 aromatic carbocycles. The maximum absolute atomic E-state index is 6.62. The van der Waals surface area contributed by atoms with Gasteiger partial charge in [0.1, 0.15) is 24.2 Å². The van der Waals surface area contributed by atoms with E-state index in [-0.39, 0.29) is 12.1 Å². The molecule has 0 spiro atoms. The highest BCUT2D eigenvalue weighted by atomic mass is 79.9. The fraction of sp³-hybridized carbons (Fsp3) is 0.120. The van der Waals surface area contributed by atoms with E-state index in [1.807, 2.05) is 35.0 Å². The normalized spacial score (nSPS) is 18.8. The van der Waals surface area contributed by atoms with E-state index in [2.05, 4.69) is 74.7 Å². The van der Waals surface area contributed by atoms with Crippen molar-refractivity contribution < 1.29 is 4.74 Å². The van der Waals surface area contributed by atoms with Gasteiger partial charge >= 0.3 is 0 Å². The van der Waals surface area contributed by atoms with Gasteiger partial charge in [0.25, 0.3) is 0 Å². The van der Waals surface area contributed by atoms with Crippen molar-refractivity contribution in [1.29, 1.82) is 0 Å². The summed E-state index contributed by atoms with van der Waals surface area (Å²) in [6.45, 7) is 2.09. The van der Waals surface area contributed by atoms with Gasteiger partial charge in [-0.25, -0.2) is 4.68 Å². The third kappa shape index (κ3) is 3.14.